The lowest BCUT2D eigenvalue weighted by Crippen LogP contribution is -2.17. The third-order valence-corrected chi connectivity index (χ3v) is 4.79. The molecule has 0 saturated carbocycles. The minimum atomic E-state index is 0.454. The Kier molecular flexibility index (Phi) is 5.72. The van der Waals surface area contributed by atoms with Crippen molar-refractivity contribution in [3.05, 3.63) is 84.1 Å². The molecule has 0 saturated heterocycles. The van der Waals surface area contributed by atoms with Gasteiger partial charge in [-0.2, -0.15) is 0 Å². The van der Waals surface area contributed by atoms with Crippen LogP contribution < -0.4 is 5.32 Å². The third kappa shape index (κ3) is 4.21. The van der Waals surface area contributed by atoms with Crippen molar-refractivity contribution in [1.29, 1.82) is 0 Å². The predicted molar refractivity (Wildman–Crippen MR) is 105 cm³/mol. The number of hydrogen-bond donors (Lipinski definition) is 1. The first-order chi connectivity index (χ1) is 12.2. The van der Waals surface area contributed by atoms with Crippen molar-refractivity contribution >= 4 is 0 Å². The van der Waals surface area contributed by atoms with Gasteiger partial charge in [0.1, 0.15) is 6.73 Å². The molecule has 2 heteroatoms. The maximum absolute atomic E-state index is 5.57. The van der Waals surface area contributed by atoms with Crippen LogP contribution >= 0.6 is 0 Å². The molecule has 25 heavy (non-hydrogen) atoms. The molecule has 0 aromatic heterocycles. The molecule has 1 aliphatic rings. The first-order valence-corrected chi connectivity index (χ1v) is 8.99. The number of nitrogens with one attached hydrogen (secondary N) is 1. The van der Waals surface area contributed by atoms with Crippen LogP contribution in [0.15, 0.2) is 73.0 Å². The highest BCUT2D eigenvalue weighted by Crippen LogP contribution is 2.46. The van der Waals surface area contributed by atoms with Crippen LogP contribution in [0.25, 0.3) is 11.1 Å². The van der Waals surface area contributed by atoms with Crippen LogP contribution in [0, 0.1) is 0 Å². The first-order valence-electron chi connectivity index (χ1n) is 8.99. The van der Waals surface area contributed by atoms with Crippen molar-refractivity contribution in [3.8, 4) is 11.1 Å². The minimum Gasteiger partial charge on any atom is -0.367 e. The lowest BCUT2D eigenvalue weighted by Gasteiger charge is -2.16. The van der Waals surface area contributed by atoms with E-state index in [4.69, 9.17) is 4.74 Å². The molecule has 0 spiro atoms. The maximum atomic E-state index is 5.57. The van der Waals surface area contributed by atoms with Crippen molar-refractivity contribution in [2.75, 3.05) is 13.3 Å². The Morgan fingerprint density at radius 1 is 0.960 bits per heavy atom. The Balaban J connectivity index is 1.55. The van der Waals surface area contributed by atoms with Crippen molar-refractivity contribution in [2.24, 2.45) is 0 Å². The van der Waals surface area contributed by atoms with Gasteiger partial charge in [0.15, 0.2) is 0 Å². The SMILES string of the molecule is C=C(C)CCOCNC(=C)CCC1c2ccccc2-c2ccccc21. The molecule has 0 aliphatic heterocycles. The van der Waals surface area contributed by atoms with E-state index in [2.05, 4.69) is 67.0 Å². The summed E-state index contributed by atoms with van der Waals surface area (Å²) in [6.07, 6.45) is 2.91. The van der Waals surface area contributed by atoms with Gasteiger partial charge in [-0.25, -0.2) is 0 Å². The summed E-state index contributed by atoms with van der Waals surface area (Å²) >= 11 is 0. The molecule has 0 radical (unpaired) electrons. The fraction of sp³-hybridized carbons (Fsp3) is 0.304. The van der Waals surface area contributed by atoms with Gasteiger partial charge in [0.25, 0.3) is 0 Å². The van der Waals surface area contributed by atoms with E-state index < -0.39 is 0 Å². The second-order valence-corrected chi connectivity index (χ2v) is 6.81. The van der Waals surface area contributed by atoms with Gasteiger partial charge in [-0.05, 0) is 48.4 Å². The van der Waals surface area contributed by atoms with Crippen molar-refractivity contribution in [2.45, 2.75) is 32.1 Å². The molecular weight excluding hydrogens is 306 g/mol. The molecule has 130 valence electrons. The number of rotatable bonds is 9. The van der Waals surface area contributed by atoms with Gasteiger partial charge < -0.3 is 10.1 Å². The summed E-state index contributed by atoms with van der Waals surface area (Å²) in [6.45, 7) is 11.3. The van der Waals surface area contributed by atoms with Crippen molar-refractivity contribution < 1.29 is 4.74 Å². The van der Waals surface area contributed by atoms with Crippen LogP contribution in [-0.4, -0.2) is 13.3 Å². The average Bonchev–Trinajstić information content (AvgIpc) is 2.93. The highest BCUT2D eigenvalue weighted by Gasteiger charge is 2.27. The number of fused-ring (bicyclic) bond motifs is 3. The second-order valence-electron chi connectivity index (χ2n) is 6.81. The second kappa shape index (κ2) is 8.17. The molecule has 0 amide bonds. The Morgan fingerprint density at radius 3 is 2.16 bits per heavy atom. The standard InChI is InChI=1S/C23H27NO/c1-17(2)14-15-25-16-24-18(3)12-13-23-21-10-6-4-8-19(21)20-9-5-7-11-22(20)23/h4-11,23-24H,1,3,12-16H2,2H3. The van der Waals surface area contributed by atoms with Crippen LogP contribution in [0.5, 0.6) is 0 Å². The normalized spacial score (nSPS) is 12.5. The van der Waals surface area contributed by atoms with E-state index in [0.717, 1.165) is 30.5 Å². The average molecular weight is 333 g/mol. The number of ether oxygens (including phenoxy) is 1. The maximum Gasteiger partial charge on any atom is 0.116 e. The molecule has 2 aromatic rings. The Hall–Kier alpha value is -2.32. The molecule has 3 rings (SSSR count). The van der Waals surface area contributed by atoms with E-state index in [1.807, 2.05) is 6.92 Å². The van der Waals surface area contributed by atoms with Crippen LogP contribution in [0.2, 0.25) is 0 Å². The topological polar surface area (TPSA) is 21.3 Å². The molecule has 1 aliphatic carbocycles. The summed E-state index contributed by atoms with van der Waals surface area (Å²) in [5.74, 6) is 0.454. The van der Waals surface area contributed by atoms with E-state index in [-0.39, 0.29) is 0 Å². The zero-order valence-electron chi connectivity index (χ0n) is 15.1. The smallest absolute Gasteiger partial charge is 0.116 e. The lowest BCUT2D eigenvalue weighted by atomic mass is 9.92. The molecule has 2 nitrogen and oxygen atoms in total. The van der Waals surface area contributed by atoms with Gasteiger partial charge in [-0.3, -0.25) is 0 Å². The Labute approximate surface area is 151 Å². The van der Waals surface area contributed by atoms with Gasteiger partial charge in [0.05, 0.1) is 6.61 Å². The van der Waals surface area contributed by atoms with Crippen molar-refractivity contribution in [3.63, 3.8) is 0 Å². The van der Waals surface area contributed by atoms with Crippen LogP contribution in [-0.2, 0) is 4.74 Å². The summed E-state index contributed by atoms with van der Waals surface area (Å²) < 4.78 is 5.57. The highest BCUT2D eigenvalue weighted by molar-refractivity contribution is 5.78. The quantitative estimate of drug-likeness (QED) is 0.365. The minimum absolute atomic E-state index is 0.454. The largest absolute Gasteiger partial charge is 0.367 e. The lowest BCUT2D eigenvalue weighted by molar-refractivity contribution is 0.125. The fourth-order valence-electron chi connectivity index (χ4n) is 3.45. The fourth-order valence-corrected chi connectivity index (χ4v) is 3.45. The highest BCUT2D eigenvalue weighted by atomic mass is 16.5. The molecule has 2 aromatic carbocycles. The third-order valence-electron chi connectivity index (χ3n) is 4.79. The molecule has 0 unspecified atom stereocenters. The number of allylic oxidation sites excluding steroid dienone is 1. The monoisotopic (exact) mass is 333 g/mol. The van der Waals surface area contributed by atoms with E-state index in [1.165, 1.54) is 22.3 Å². The van der Waals surface area contributed by atoms with Crippen LogP contribution in [0.4, 0.5) is 0 Å². The molecule has 1 N–H and O–H groups in total. The van der Waals surface area contributed by atoms with Gasteiger partial charge in [-0.15, -0.1) is 6.58 Å². The Morgan fingerprint density at radius 2 is 1.56 bits per heavy atom. The summed E-state index contributed by atoms with van der Waals surface area (Å²) in [7, 11) is 0. The van der Waals surface area contributed by atoms with Crippen LogP contribution in [0.3, 0.4) is 0 Å². The molecule has 0 heterocycles. The van der Waals surface area contributed by atoms with E-state index in [0.29, 0.717) is 19.3 Å². The summed E-state index contributed by atoms with van der Waals surface area (Å²) in [5, 5.41) is 3.28. The van der Waals surface area contributed by atoms with Gasteiger partial charge >= 0.3 is 0 Å². The Bertz CT molecular complexity index is 717. The summed E-state index contributed by atoms with van der Waals surface area (Å²) in [4.78, 5) is 0. The van der Waals surface area contributed by atoms with E-state index in [1.54, 1.807) is 0 Å². The number of benzene rings is 2. The zero-order valence-corrected chi connectivity index (χ0v) is 15.1. The predicted octanol–water partition coefficient (Wildman–Crippen LogP) is 5.62. The van der Waals surface area contributed by atoms with E-state index in [9.17, 15) is 0 Å². The molecule has 0 atom stereocenters. The summed E-state index contributed by atoms with van der Waals surface area (Å²) in [6, 6.07) is 17.5. The van der Waals surface area contributed by atoms with Crippen molar-refractivity contribution in [1.82, 2.24) is 5.32 Å². The first kappa shape index (κ1) is 17.5. The number of hydrogen-bond acceptors (Lipinski definition) is 2. The van der Waals surface area contributed by atoms with Gasteiger partial charge in [0, 0.05) is 11.6 Å². The van der Waals surface area contributed by atoms with E-state index >= 15 is 0 Å². The van der Waals surface area contributed by atoms with Gasteiger partial charge in [0.2, 0.25) is 0 Å². The molecular formula is C23H27NO. The zero-order chi connectivity index (χ0) is 17.6. The molecule has 0 fully saturated rings. The van der Waals surface area contributed by atoms with Crippen LogP contribution in [0.1, 0.15) is 43.2 Å². The van der Waals surface area contributed by atoms with Gasteiger partial charge in [-0.1, -0.05) is 60.7 Å². The summed E-state index contributed by atoms with van der Waals surface area (Å²) in [5.41, 5.74) is 7.83. The molecule has 0 bridgehead atoms.